The van der Waals surface area contributed by atoms with Crippen molar-refractivity contribution in [1.29, 1.82) is 0 Å². The Hall–Kier alpha value is -1.65. The fraction of sp³-hybridized carbons (Fsp3) is 0.417. The lowest BCUT2D eigenvalue weighted by molar-refractivity contribution is -0.138. The summed E-state index contributed by atoms with van der Waals surface area (Å²) < 4.78 is 69.4. The highest BCUT2D eigenvalue weighted by Crippen LogP contribution is 2.34. The summed E-state index contributed by atoms with van der Waals surface area (Å²) in [5.74, 6) is -0.925. The van der Waals surface area contributed by atoms with E-state index in [2.05, 4.69) is 13.7 Å². The lowest BCUT2D eigenvalue weighted by atomic mass is 10.1. The zero-order valence-corrected chi connectivity index (χ0v) is 12.3. The van der Waals surface area contributed by atoms with Crippen LogP contribution in [0.1, 0.15) is 18.1 Å². The molecule has 1 atom stereocenters. The second kappa shape index (κ2) is 5.21. The van der Waals surface area contributed by atoms with E-state index in [4.69, 9.17) is 0 Å². The van der Waals surface area contributed by atoms with E-state index in [1.807, 2.05) is 0 Å². The third-order valence-electron chi connectivity index (χ3n) is 3.05. The number of benzene rings is 1. The Bertz CT molecular complexity index is 716. The molecule has 1 saturated heterocycles. The first-order valence-corrected chi connectivity index (χ1v) is 7.36. The summed E-state index contributed by atoms with van der Waals surface area (Å²) in [7, 11) is -4.27. The van der Waals surface area contributed by atoms with Crippen molar-refractivity contribution in [2.45, 2.75) is 25.6 Å². The van der Waals surface area contributed by atoms with Crippen LogP contribution < -0.4 is 5.32 Å². The van der Waals surface area contributed by atoms with E-state index in [1.165, 1.54) is 19.1 Å². The third-order valence-corrected chi connectivity index (χ3v) is 4.02. The molecule has 22 heavy (non-hydrogen) atoms. The molecule has 0 saturated carbocycles. The van der Waals surface area contributed by atoms with Crippen molar-refractivity contribution < 1.29 is 34.7 Å². The van der Waals surface area contributed by atoms with E-state index in [-0.39, 0.29) is 11.3 Å². The number of hydrogen-bond donors (Lipinski definition) is 1. The van der Waals surface area contributed by atoms with Crippen molar-refractivity contribution in [1.82, 2.24) is 0 Å². The van der Waals surface area contributed by atoms with Crippen molar-refractivity contribution in [2.75, 3.05) is 11.9 Å². The van der Waals surface area contributed by atoms with Crippen LogP contribution in [0.2, 0.25) is 0 Å². The Morgan fingerprint density at radius 3 is 2.50 bits per heavy atom. The monoisotopic (exact) mass is 339 g/mol. The van der Waals surface area contributed by atoms with E-state index in [0.29, 0.717) is 0 Å². The van der Waals surface area contributed by atoms with Gasteiger partial charge in [-0.05, 0) is 31.5 Å². The number of nitrogens with one attached hydrogen (secondary N) is 1. The number of halogens is 3. The molecule has 1 heterocycles. The van der Waals surface area contributed by atoms with Gasteiger partial charge in [-0.1, -0.05) is 6.07 Å². The molecule has 0 aromatic heterocycles. The highest BCUT2D eigenvalue weighted by atomic mass is 32.3. The summed E-state index contributed by atoms with van der Waals surface area (Å²) in [4.78, 5) is 12.0. The molecule has 1 aliphatic heterocycles. The molecular formula is C12H12F3NO5S. The molecule has 2 rings (SSSR count). The number of amides is 1. The van der Waals surface area contributed by atoms with Crippen molar-refractivity contribution >= 4 is 22.0 Å². The van der Waals surface area contributed by atoms with Crippen LogP contribution in [0.5, 0.6) is 0 Å². The Labute approximate surface area is 124 Å². The van der Waals surface area contributed by atoms with Crippen molar-refractivity contribution in [3.8, 4) is 0 Å². The van der Waals surface area contributed by atoms with Gasteiger partial charge in [0.15, 0.2) is 5.60 Å². The van der Waals surface area contributed by atoms with Gasteiger partial charge in [-0.25, -0.2) is 8.37 Å². The molecule has 1 fully saturated rings. The van der Waals surface area contributed by atoms with Gasteiger partial charge in [-0.3, -0.25) is 4.79 Å². The molecule has 10 heteroatoms. The predicted octanol–water partition coefficient (Wildman–Crippen LogP) is 2.00. The van der Waals surface area contributed by atoms with E-state index in [0.717, 1.165) is 13.0 Å². The maximum absolute atomic E-state index is 12.8. The van der Waals surface area contributed by atoms with Gasteiger partial charge in [0, 0.05) is 5.69 Å². The standard InChI is InChI=1S/C12H12F3NO5S/c1-7-3-4-8(5-9(7)12(13,14)15)16-10(17)11(2)6-20-22(18,19)21-11/h3-5H,6H2,1-2H3,(H,16,17)/t11-/m0/s1. The minimum absolute atomic E-state index is 0.000242. The molecule has 0 bridgehead atoms. The average molecular weight is 339 g/mol. The number of hydrogen-bond acceptors (Lipinski definition) is 5. The normalized spacial score (nSPS) is 24.2. The van der Waals surface area contributed by atoms with Crippen LogP contribution >= 0.6 is 0 Å². The molecule has 1 N–H and O–H groups in total. The summed E-state index contributed by atoms with van der Waals surface area (Å²) >= 11 is 0. The molecular weight excluding hydrogens is 327 g/mol. The first kappa shape index (κ1) is 16.7. The number of carbonyl (C=O) groups excluding carboxylic acids is 1. The molecule has 0 aliphatic carbocycles. The first-order valence-electron chi connectivity index (χ1n) is 6.02. The van der Waals surface area contributed by atoms with Crippen molar-refractivity contribution in [3.63, 3.8) is 0 Å². The minimum Gasteiger partial charge on any atom is -0.323 e. The first-order chi connectivity index (χ1) is 9.93. The zero-order chi connectivity index (χ0) is 16.8. The van der Waals surface area contributed by atoms with Gasteiger partial charge < -0.3 is 5.32 Å². The van der Waals surface area contributed by atoms with Gasteiger partial charge in [-0.15, -0.1) is 0 Å². The average Bonchev–Trinajstić information content (AvgIpc) is 2.66. The van der Waals surface area contributed by atoms with Gasteiger partial charge in [0.25, 0.3) is 5.91 Å². The van der Waals surface area contributed by atoms with Crippen LogP contribution in [0.3, 0.4) is 0 Å². The highest BCUT2D eigenvalue weighted by Gasteiger charge is 2.47. The van der Waals surface area contributed by atoms with Crippen LogP contribution in [-0.2, 0) is 29.7 Å². The van der Waals surface area contributed by atoms with E-state index in [9.17, 15) is 26.4 Å². The summed E-state index contributed by atoms with van der Waals surface area (Å²) in [6, 6.07) is 3.24. The molecule has 6 nitrogen and oxygen atoms in total. The molecule has 1 amide bonds. The molecule has 0 unspecified atom stereocenters. The third kappa shape index (κ3) is 3.39. The maximum atomic E-state index is 12.8. The van der Waals surface area contributed by atoms with Gasteiger partial charge in [0.2, 0.25) is 0 Å². The van der Waals surface area contributed by atoms with Crippen LogP contribution in [0, 0.1) is 6.92 Å². The molecule has 1 aromatic carbocycles. The van der Waals surface area contributed by atoms with Gasteiger partial charge in [0.05, 0.1) is 5.56 Å². The SMILES string of the molecule is Cc1ccc(NC(=O)[C@]2(C)COS(=O)(=O)O2)cc1C(F)(F)F. The Balaban J connectivity index is 2.23. The Morgan fingerprint density at radius 2 is 2.00 bits per heavy atom. The van der Waals surface area contributed by atoms with Crippen molar-refractivity contribution in [2.24, 2.45) is 0 Å². The molecule has 1 aromatic rings. The minimum atomic E-state index is -4.56. The zero-order valence-electron chi connectivity index (χ0n) is 11.5. The predicted molar refractivity (Wildman–Crippen MR) is 69.2 cm³/mol. The summed E-state index contributed by atoms with van der Waals surface area (Å²) in [6.45, 7) is 1.89. The van der Waals surface area contributed by atoms with Crippen molar-refractivity contribution in [3.05, 3.63) is 29.3 Å². The van der Waals surface area contributed by atoms with Gasteiger partial charge in [0.1, 0.15) is 6.61 Å². The summed E-state index contributed by atoms with van der Waals surface area (Å²) in [6.07, 6.45) is -4.56. The molecule has 122 valence electrons. The van der Waals surface area contributed by atoms with Gasteiger partial charge in [-0.2, -0.15) is 21.6 Å². The number of anilines is 1. The number of alkyl halides is 3. The second-order valence-corrected chi connectivity index (χ2v) is 6.19. The Morgan fingerprint density at radius 1 is 1.36 bits per heavy atom. The van der Waals surface area contributed by atoms with Crippen LogP contribution in [0.15, 0.2) is 18.2 Å². The largest absolute Gasteiger partial charge is 0.416 e. The number of aryl methyl sites for hydroxylation is 1. The highest BCUT2D eigenvalue weighted by molar-refractivity contribution is 7.82. The fourth-order valence-corrected chi connectivity index (χ4v) is 2.82. The smallest absolute Gasteiger partial charge is 0.323 e. The maximum Gasteiger partial charge on any atom is 0.416 e. The summed E-state index contributed by atoms with van der Waals surface area (Å²) in [5.41, 5.74) is -2.86. The topological polar surface area (TPSA) is 81.7 Å². The van der Waals surface area contributed by atoms with Crippen LogP contribution in [0.4, 0.5) is 18.9 Å². The van der Waals surface area contributed by atoms with E-state index in [1.54, 1.807) is 0 Å². The Kier molecular flexibility index (Phi) is 3.96. The van der Waals surface area contributed by atoms with E-state index < -0.39 is 40.3 Å². The van der Waals surface area contributed by atoms with Crippen LogP contribution in [0.25, 0.3) is 0 Å². The summed E-state index contributed by atoms with van der Waals surface area (Å²) in [5, 5.41) is 2.19. The number of carbonyl (C=O) groups is 1. The lowest BCUT2D eigenvalue weighted by Crippen LogP contribution is -2.42. The number of rotatable bonds is 2. The quantitative estimate of drug-likeness (QED) is 0.891. The molecule has 0 radical (unpaired) electrons. The molecule has 1 aliphatic rings. The van der Waals surface area contributed by atoms with Crippen LogP contribution in [-0.4, -0.2) is 26.5 Å². The second-order valence-electron chi connectivity index (χ2n) is 4.97. The fourth-order valence-electron chi connectivity index (χ4n) is 1.83. The van der Waals surface area contributed by atoms with E-state index >= 15 is 0 Å². The molecule has 0 spiro atoms. The lowest BCUT2D eigenvalue weighted by Gasteiger charge is -2.19. The van der Waals surface area contributed by atoms with Gasteiger partial charge >= 0.3 is 16.6 Å².